The maximum absolute atomic E-state index is 13.0. The molecule has 0 aliphatic carbocycles. The van der Waals surface area contributed by atoms with E-state index in [1.807, 2.05) is 43.5 Å². The van der Waals surface area contributed by atoms with Crippen molar-refractivity contribution >= 4 is 56.1 Å². The summed E-state index contributed by atoms with van der Waals surface area (Å²) in [6.45, 7) is 1.99. The fourth-order valence-electron chi connectivity index (χ4n) is 3.03. The summed E-state index contributed by atoms with van der Waals surface area (Å²) in [5.41, 5.74) is 3.08. The minimum atomic E-state index is -0.643. The van der Waals surface area contributed by atoms with Gasteiger partial charge in [-0.1, -0.05) is 18.2 Å². The minimum Gasteiger partial charge on any atom is -0.340 e. The average molecular weight is 472 g/mol. The number of thioether (sulfide) groups is 1. The van der Waals surface area contributed by atoms with E-state index in [0.29, 0.717) is 22.1 Å². The van der Waals surface area contributed by atoms with Gasteiger partial charge in [0.1, 0.15) is 6.04 Å². The third-order valence-electron chi connectivity index (χ3n) is 4.58. The molecule has 2 amide bonds. The number of hydrogen-bond acceptors (Lipinski definition) is 4. The molecule has 1 heterocycles. The van der Waals surface area contributed by atoms with Crippen molar-refractivity contribution in [1.29, 1.82) is 0 Å². The first-order valence-corrected chi connectivity index (χ1v) is 11.4. The number of nitrogens with zero attached hydrogens (tertiary/aromatic N) is 1. The van der Waals surface area contributed by atoms with Crippen LogP contribution in [0.15, 0.2) is 59.2 Å². The molecule has 0 spiro atoms. The van der Waals surface area contributed by atoms with Gasteiger partial charge in [-0.3, -0.25) is 14.6 Å². The zero-order valence-electron chi connectivity index (χ0n) is 16.2. The van der Waals surface area contributed by atoms with Crippen LogP contribution in [0.5, 0.6) is 0 Å². The SMILES string of the molecule is CSCCC(NC(=O)c1ccccc1Br)C(=O)Nc1ccc(C)c2ncccc12. The van der Waals surface area contributed by atoms with Crippen LogP contribution in [-0.2, 0) is 4.79 Å². The third-order valence-corrected chi connectivity index (χ3v) is 5.92. The van der Waals surface area contributed by atoms with Crippen molar-refractivity contribution < 1.29 is 9.59 Å². The van der Waals surface area contributed by atoms with Gasteiger partial charge in [-0.2, -0.15) is 11.8 Å². The topological polar surface area (TPSA) is 71.1 Å². The first-order valence-electron chi connectivity index (χ1n) is 9.20. The highest BCUT2D eigenvalue weighted by Gasteiger charge is 2.23. The predicted octanol–water partition coefficient (Wildman–Crippen LogP) is 4.80. The number of pyridine rings is 1. The lowest BCUT2D eigenvalue weighted by Crippen LogP contribution is -2.44. The van der Waals surface area contributed by atoms with Crippen molar-refractivity contribution in [2.75, 3.05) is 17.3 Å². The molecule has 0 aliphatic rings. The molecule has 0 fully saturated rings. The van der Waals surface area contributed by atoms with Gasteiger partial charge in [-0.25, -0.2) is 0 Å². The number of aromatic nitrogens is 1. The summed E-state index contributed by atoms with van der Waals surface area (Å²) in [5.74, 6) is 0.229. The van der Waals surface area contributed by atoms with E-state index in [1.165, 1.54) is 0 Å². The second-order valence-electron chi connectivity index (χ2n) is 6.61. The van der Waals surface area contributed by atoms with Crippen LogP contribution in [0.3, 0.4) is 0 Å². The van der Waals surface area contributed by atoms with E-state index in [2.05, 4.69) is 31.5 Å². The number of carbonyl (C=O) groups excluding carboxylic acids is 2. The van der Waals surface area contributed by atoms with Crippen molar-refractivity contribution in [3.63, 3.8) is 0 Å². The second-order valence-corrected chi connectivity index (χ2v) is 8.45. The van der Waals surface area contributed by atoms with Crippen LogP contribution in [0.4, 0.5) is 5.69 Å². The third kappa shape index (κ3) is 5.16. The molecule has 3 rings (SSSR count). The summed E-state index contributed by atoms with van der Waals surface area (Å²) < 4.78 is 0.692. The van der Waals surface area contributed by atoms with E-state index in [9.17, 15) is 9.59 Å². The number of nitrogens with one attached hydrogen (secondary N) is 2. The molecule has 3 aromatic rings. The van der Waals surface area contributed by atoms with Crippen molar-refractivity contribution in [3.8, 4) is 0 Å². The van der Waals surface area contributed by atoms with Gasteiger partial charge < -0.3 is 10.6 Å². The van der Waals surface area contributed by atoms with Crippen LogP contribution >= 0.6 is 27.7 Å². The number of halogens is 1. The van der Waals surface area contributed by atoms with E-state index in [4.69, 9.17) is 0 Å². The van der Waals surface area contributed by atoms with Crippen molar-refractivity contribution in [2.24, 2.45) is 0 Å². The van der Waals surface area contributed by atoms with Crippen molar-refractivity contribution in [1.82, 2.24) is 10.3 Å². The summed E-state index contributed by atoms with van der Waals surface area (Å²) >= 11 is 5.03. The standard InChI is InChI=1S/C22H22BrN3O2S/c1-14-9-10-18(16-7-5-12-24-20(14)16)25-22(28)19(11-13-29-2)26-21(27)15-6-3-4-8-17(15)23/h3-10,12,19H,11,13H2,1-2H3,(H,25,28)(H,26,27). The molecule has 1 unspecified atom stereocenters. The van der Waals surface area contributed by atoms with Crippen LogP contribution in [0.1, 0.15) is 22.3 Å². The number of aryl methyl sites for hydroxylation is 1. The van der Waals surface area contributed by atoms with Gasteiger partial charge in [0.25, 0.3) is 5.91 Å². The summed E-state index contributed by atoms with van der Waals surface area (Å²) in [5, 5.41) is 6.73. The fraction of sp³-hybridized carbons (Fsp3) is 0.227. The van der Waals surface area contributed by atoms with Crippen LogP contribution < -0.4 is 10.6 Å². The van der Waals surface area contributed by atoms with Gasteiger partial charge in [-0.15, -0.1) is 0 Å². The van der Waals surface area contributed by atoms with E-state index >= 15 is 0 Å². The van der Waals surface area contributed by atoms with Crippen molar-refractivity contribution in [3.05, 3.63) is 70.3 Å². The van der Waals surface area contributed by atoms with Gasteiger partial charge in [0.15, 0.2) is 0 Å². The van der Waals surface area contributed by atoms with Gasteiger partial charge in [0.2, 0.25) is 5.91 Å². The smallest absolute Gasteiger partial charge is 0.253 e. The lowest BCUT2D eigenvalue weighted by molar-refractivity contribution is -0.118. The van der Waals surface area contributed by atoms with Crippen molar-refractivity contribution in [2.45, 2.75) is 19.4 Å². The molecule has 0 radical (unpaired) electrons. The highest BCUT2D eigenvalue weighted by atomic mass is 79.9. The molecule has 29 heavy (non-hydrogen) atoms. The van der Waals surface area contributed by atoms with E-state index < -0.39 is 6.04 Å². The minimum absolute atomic E-state index is 0.242. The maximum Gasteiger partial charge on any atom is 0.253 e. The molecule has 1 aromatic heterocycles. The summed E-state index contributed by atoms with van der Waals surface area (Å²) in [6, 6.07) is 14.1. The van der Waals surface area contributed by atoms with E-state index in [-0.39, 0.29) is 11.8 Å². The lowest BCUT2D eigenvalue weighted by Gasteiger charge is -2.19. The zero-order chi connectivity index (χ0) is 20.8. The van der Waals surface area contributed by atoms with E-state index in [0.717, 1.165) is 22.2 Å². The molecular weight excluding hydrogens is 450 g/mol. The first kappa shape index (κ1) is 21.3. The Labute approximate surface area is 182 Å². The average Bonchev–Trinajstić information content (AvgIpc) is 2.73. The molecule has 0 bridgehead atoms. The van der Waals surface area contributed by atoms with E-state index in [1.54, 1.807) is 36.2 Å². The zero-order valence-corrected chi connectivity index (χ0v) is 18.6. The lowest BCUT2D eigenvalue weighted by atomic mass is 10.1. The molecule has 0 saturated carbocycles. The molecule has 5 nitrogen and oxygen atoms in total. The Hall–Kier alpha value is -2.38. The molecule has 0 saturated heterocycles. The van der Waals surface area contributed by atoms with Gasteiger partial charge in [-0.05, 0) is 77.2 Å². The Morgan fingerprint density at radius 1 is 1.14 bits per heavy atom. The highest BCUT2D eigenvalue weighted by molar-refractivity contribution is 9.10. The highest BCUT2D eigenvalue weighted by Crippen LogP contribution is 2.25. The maximum atomic E-state index is 13.0. The Kier molecular flexibility index (Phi) is 7.28. The second kappa shape index (κ2) is 9.89. The Morgan fingerprint density at radius 2 is 1.93 bits per heavy atom. The molecule has 1 atom stereocenters. The largest absolute Gasteiger partial charge is 0.340 e. The van der Waals surface area contributed by atoms with Crippen LogP contribution in [0, 0.1) is 6.92 Å². The molecule has 2 aromatic carbocycles. The predicted molar refractivity (Wildman–Crippen MR) is 124 cm³/mol. The number of hydrogen-bond donors (Lipinski definition) is 2. The molecule has 7 heteroatoms. The monoisotopic (exact) mass is 471 g/mol. The first-order chi connectivity index (χ1) is 14.0. The fourth-order valence-corrected chi connectivity index (χ4v) is 3.96. The van der Waals surface area contributed by atoms with Crippen LogP contribution in [0.25, 0.3) is 10.9 Å². The summed E-state index contributed by atoms with van der Waals surface area (Å²) in [6.07, 6.45) is 4.25. The number of fused-ring (bicyclic) bond motifs is 1. The van der Waals surface area contributed by atoms with Gasteiger partial charge in [0, 0.05) is 16.1 Å². The number of benzene rings is 2. The summed E-state index contributed by atoms with van der Waals surface area (Å²) in [7, 11) is 0. The summed E-state index contributed by atoms with van der Waals surface area (Å²) in [4.78, 5) is 30.2. The Bertz CT molecular complexity index is 1040. The van der Waals surface area contributed by atoms with Crippen LogP contribution in [-0.4, -0.2) is 34.8 Å². The number of carbonyl (C=O) groups is 2. The van der Waals surface area contributed by atoms with Crippen LogP contribution in [0.2, 0.25) is 0 Å². The molecule has 2 N–H and O–H groups in total. The number of rotatable bonds is 7. The molecule has 150 valence electrons. The Morgan fingerprint density at radius 3 is 2.69 bits per heavy atom. The number of anilines is 1. The normalized spacial score (nSPS) is 11.8. The number of amides is 2. The molecule has 0 aliphatic heterocycles. The quantitative estimate of drug-likeness (QED) is 0.519. The Balaban J connectivity index is 1.82. The van der Waals surface area contributed by atoms with Gasteiger partial charge >= 0.3 is 0 Å². The molecular formula is C22H22BrN3O2S. The van der Waals surface area contributed by atoms with Gasteiger partial charge in [0.05, 0.1) is 16.8 Å².